The van der Waals surface area contributed by atoms with Crippen molar-refractivity contribution in [3.05, 3.63) is 193 Å². The van der Waals surface area contributed by atoms with Crippen LogP contribution in [0.15, 0.2) is 182 Å². The first kappa shape index (κ1) is 31.8. The van der Waals surface area contributed by atoms with Crippen molar-refractivity contribution in [3.8, 4) is 44.5 Å². The van der Waals surface area contributed by atoms with Gasteiger partial charge in [-0.05, 0) is 118 Å². The third-order valence-corrected chi connectivity index (χ3v) is 13.9. The van der Waals surface area contributed by atoms with Crippen molar-refractivity contribution in [1.29, 1.82) is 0 Å². The van der Waals surface area contributed by atoms with E-state index in [4.69, 9.17) is 0 Å². The van der Waals surface area contributed by atoms with Crippen LogP contribution in [-0.4, -0.2) is 0 Å². The number of fused-ring (bicyclic) bond motifs is 11. The largest absolute Gasteiger partial charge is 0.135 e. The Morgan fingerprint density at radius 3 is 1.55 bits per heavy atom. The lowest BCUT2D eigenvalue weighted by Gasteiger charge is -2.24. The van der Waals surface area contributed by atoms with Crippen molar-refractivity contribution in [2.75, 3.05) is 0 Å². The normalized spacial score (nSPS) is 13.3. The van der Waals surface area contributed by atoms with E-state index < -0.39 is 0 Å². The molecule has 11 aromatic rings. The van der Waals surface area contributed by atoms with Gasteiger partial charge in [-0.2, -0.15) is 0 Å². The zero-order chi connectivity index (χ0) is 37.1. The second kappa shape index (κ2) is 11.7. The van der Waals surface area contributed by atoms with Gasteiger partial charge >= 0.3 is 0 Å². The Kier molecular flexibility index (Phi) is 6.66. The molecule has 56 heavy (non-hydrogen) atoms. The zero-order valence-electron chi connectivity index (χ0n) is 31.2. The van der Waals surface area contributed by atoms with Gasteiger partial charge in [0.25, 0.3) is 0 Å². The third kappa shape index (κ3) is 4.41. The van der Waals surface area contributed by atoms with Gasteiger partial charge < -0.3 is 0 Å². The maximum atomic E-state index is 2.50. The fraction of sp³-hybridized carbons (Fsp3) is 0.0545. The first-order chi connectivity index (χ1) is 27.5. The molecule has 0 unspecified atom stereocenters. The van der Waals surface area contributed by atoms with E-state index >= 15 is 0 Å². The molecule has 1 heterocycles. The highest BCUT2D eigenvalue weighted by Gasteiger charge is 2.36. The van der Waals surface area contributed by atoms with Crippen LogP contribution in [0.1, 0.15) is 25.0 Å². The van der Waals surface area contributed by atoms with Crippen molar-refractivity contribution in [3.63, 3.8) is 0 Å². The molecule has 0 radical (unpaired) electrons. The van der Waals surface area contributed by atoms with E-state index in [0.717, 1.165) is 0 Å². The van der Waals surface area contributed by atoms with Gasteiger partial charge in [-0.1, -0.05) is 172 Å². The van der Waals surface area contributed by atoms with Gasteiger partial charge in [0.15, 0.2) is 0 Å². The second-order valence-corrected chi connectivity index (χ2v) is 17.0. The Morgan fingerprint density at radius 2 is 0.857 bits per heavy atom. The number of rotatable bonds is 3. The maximum Gasteiger partial charge on any atom is 0.0434 e. The fourth-order valence-corrected chi connectivity index (χ4v) is 11.2. The molecule has 0 atom stereocenters. The first-order valence-electron chi connectivity index (χ1n) is 19.6. The van der Waals surface area contributed by atoms with Gasteiger partial charge in [-0.3, -0.25) is 0 Å². The van der Waals surface area contributed by atoms with Crippen molar-refractivity contribution in [2.24, 2.45) is 0 Å². The average molecular weight is 729 g/mol. The highest BCUT2D eigenvalue weighted by atomic mass is 32.1. The number of benzene rings is 10. The molecule has 0 N–H and O–H groups in total. The van der Waals surface area contributed by atoms with E-state index in [1.54, 1.807) is 0 Å². The third-order valence-electron chi connectivity index (χ3n) is 12.7. The molecule has 1 heteroatoms. The van der Waals surface area contributed by atoms with E-state index in [1.807, 2.05) is 11.3 Å². The van der Waals surface area contributed by atoms with E-state index in [2.05, 4.69) is 196 Å². The molecule has 0 bridgehead atoms. The standard InChI is InChI=1S/C55H36S/c1-55(2)49-30-34(47-32-48-40-18-11-12-25-51(40)56-54(48)46-23-10-5-17-37(46)47)26-28-38(49)39-29-27-35(31-50(39)55)52-42-19-6-8-21-44(42)53(45-22-9-7-20-43(45)52)41-24-13-15-33-14-3-4-16-36(33)41/h3-32H,1-2H3. The van der Waals surface area contributed by atoms with Crippen molar-refractivity contribution in [1.82, 2.24) is 0 Å². The summed E-state index contributed by atoms with van der Waals surface area (Å²) < 4.78 is 2.71. The van der Waals surface area contributed by atoms with E-state index in [-0.39, 0.29) is 5.41 Å². The van der Waals surface area contributed by atoms with Crippen LogP contribution in [-0.2, 0) is 5.41 Å². The predicted molar refractivity (Wildman–Crippen MR) is 243 cm³/mol. The van der Waals surface area contributed by atoms with Crippen LogP contribution >= 0.6 is 11.3 Å². The smallest absolute Gasteiger partial charge is 0.0434 e. The van der Waals surface area contributed by atoms with Crippen molar-refractivity contribution in [2.45, 2.75) is 19.3 Å². The Hall–Kier alpha value is -6.54. The molecular weight excluding hydrogens is 693 g/mol. The van der Waals surface area contributed by atoms with Crippen LogP contribution < -0.4 is 0 Å². The Morgan fingerprint density at radius 1 is 0.339 bits per heavy atom. The molecule has 0 spiro atoms. The zero-order valence-corrected chi connectivity index (χ0v) is 32.0. The van der Waals surface area contributed by atoms with E-state index in [0.29, 0.717) is 0 Å². The lowest BCUT2D eigenvalue weighted by atomic mass is 9.79. The van der Waals surface area contributed by atoms with Gasteiger partial charge in [0, 0.05) is 31.0 Å². The minimum absolute atomic E-state index is 0.180. The monoisotopic (exact) mass is 728 g/mol. The molecular formula is C55H36S. The highest BCUT2D eigenvalue weighted by molar-refractivity contribution is 7.26. The fourth-order valence-electron chi connectivity index (χ4n) is 10.0. The van der Waals surface area contributed by atoms with E-state index in [1.165, 1.54) is 119 Å². The summed E-state index contributed by atoms with van der Waals surface area (Å²) >= 11 is 1.91. The van der Waals surface area contributed by atoms with Crippen LogP contribution in [0.2, 0.25) is 0 Å². The van der Waals surface area contributed by atoms with Gasteiger partial charge in [-0.25, -0.2) is 0 Å². The van der Waals surface area contributed by atoms with Gasteiger partial charge in [-0.15, -0.1) is 11.3 Å². The number of thiophene rings is 1. The summed E-state index contributed by atoms with van der Waals surface area (Å²) in [6, 6.07) is 68.3. The molecule has 0 fully saturated rings. The molecule has 12 rings (SSSR count). The summed E-state index contributed by atoms with van der Waals surface area (Å²) in [7, 11) is 0. The highest BCUT2D eigenvalue weighted by Crippen LogP contribution is 2.53. The molecule has 262 valence electrons. The average Bonchev–Trinajstić information content (AvgIpc) is 3.73. The van der Waals surface area contributed by atoms with Gasteiger partial charge in [0.1, 0.15) is 0 Å². The first-order valence-corrected chi connectivity index (χ1v) is 20.4. The minimum atomic E-state index is -0.180. The summed E-state index contributed by atoms with van der Waals surface area (Å²) in [5.41, 5.74) is 13.0. The molecule has 0 saturated heterocycles. The summed E-state index contributed by atoms with van der Waals surface area (Å²) in [6.07, 6.45) is 0. The molecule has 0 saturated carbocycles. The Balaban J connectivity index is 1.04. The van der Waals surface area contributed by atoms with Crippen molar-refractivity contribution < 1.29 is 0 Å². The minimum Gasteiger partial charge on any atom is -0.135 e. The molecule has 1 aliphatic rings. The predicted octanol–water partition coefficient (Wildman–Crippen LogP) is 16.0. The van der Waals surface area contributed by atoms with Gasteiger partial charge in [0.2, 0.25) is 0 Å². The van der Waals surface area contributed by atoms with Crippen LogP contribution in [0.5, 0.6) is 0 Å². The topological polar surface area (TPSA) is 0 Å². The van der Waals surface area contributed by atoms with Crippen LogP contribution in [0.4, 0.5) is 0 Å². The molecule has 10 aromatic carbocycles. The SMILES string of the molecule is CC1(C)c2cc(-c3c4ccccc4c(-c4cccc5ccccc45)c4ccccc34)ccc2-c2ccc(-c3cc4c5ccccc5sc4c4ccccc34)cc21. The van der Waals surface area contributed by atoms with E-state index in [9.17, 15) is 0 Å². The molecule has 0 amide bonds. The van der Waals surface area contributed by atoms with Crippen LogP contribution in [0.25, 0.3) is 108 Å². The molecule has 0 aliphatic heterocycles. The molecule has 1 aromatic heterocycles. The van der Waals surface area contributed by atoms with Crippen molar-refractivity contribution >= 4 is 74.6 Å². The number of hydrogen-bond donors (Lipinski definition) is 0. The van der Waals surface area contributed by atoms with Crippen LogP contribution in [0.3, 0.4) is 0 Å². The molecule has 0 nitrogen and oxygen atoms in total. The maximum absolute atomic E-state index is 2.50. The summed E-state index contributed by atoms with van der Waals surface area (Å²) in [4.78, 5) is 0. The second-order valence-electron chi connectivity index (χ2n) is 16.0. The quantitative estimate of drug-likeness (QED) is 0.159. The van der Waals surface area contributed by atoms with Gasteiger partial charge in [0.05, 0.1) is 0 Å². The van der Waals surface area contributed by atoms with Crippen LogP contribution in [0, 0.1) is 0 Å². The lowest BCUT2D eigenvalue weighted by molar-refractivity contribution is 0.661. The summed E-state index contributed by atoms with van der Waals surface area (Å²) in [5.74, 6) is 0. The summed E-state index contributed by atoms with van der Waals surface area (Å²) in [6.45, 7) is 4.83. The molecule has 1 aliphatic carbocycles. The number of hydrogen-bond acceptors (Lipinski definition) is 1. The lowest BCUT2D eigenvalue weighted by Crippen LogP contribution is -2.15. The Bertz CT molecular complexity index is 3390. The Labute approximate surface area is 329 Å². The summed E-state index contributed by atoms with van der Waals surface area (Å²) in [5, 5.41) is 13.0.